The zero-order valence-electron chi connectivity index (χ0n) is 13.3. The minimum Gasteiger partial charge on any atom is -0.405 e. The topological polar surface area (TPSA) is 135 Å². The van der Waals surface area contributed by atoms with Crippen LogP contribution >= 0.6 is 0 Å². The second kappa shape index (κ2) is 5.23. The van der Waals surface area contributed by atoms with Crippen LogP contribution in [-0.2, 0) is 4.79 Å². The Labute approximate surface area is 137 Å². The van der Waals surface area contributed by atoms with E-state index in [4.69, 9.17) is 10.2 Å². The molecule has 3 N–H and O–H groups in total. The first-order valence-corrected chi connectivity index (χ1v) is 7.40. The van der Waals surface area contributed by atoms with E-state index >= 15 is 0 Å². The number of nitro groups is 1. The van der Waals surface area contributed by atoms with Crippen molar-refractivity contribution in [2.75, 3.05) is 0 Å². The molecule has 1 aromatic heterocycles. The first kappa shape index (κ1) is 15.8. The van der Waals surface area contributed by atoms with Gasteiger partial charge in [0.25, 0.3) is 0 Å². The van der Waals surface area contributed by atoms with Crippen molar-refractivity contribution in [3.8, 4) is 6.07 Å². The average Bonchev–Trinajstić information content (AvgIpc) is 2.94. The summed E-state index contributed by atoms with van der Waals surface area (Å²) in [5.74, 6) is -1.05. The molecule has 0 unspecified atom stereocenters. The summed E-state index contributed by atoms with van der Waals surface area (Å²) in [6.07, 6.45) is 0.915. The van der Waals surface area contributed by atoms with Crippen LogP contribution in [0.15, 0.2) is 39.2 Å². The number of hydrogen-bond donors (Lipinski definition) is 2. The molecule has 0 spiro atoms. The normalized spacial score (nSPS) is 22.7. The summed E-state index contributed by atoms with van der Waals surface area (Å²) in [5, 5.41) is 23.3. The summed E-state index contributed by atoms with van der Waals surface area (Å²) >= 11 is 0. The lowest BCUT2D eigenvalue weighted by Gasteiger charge is -2.37. The number of nitrogens with two attached hydrogens (primary N) is 1. The molecule has 2 aliphatic rings. The highest BCUT2D eigenvalue weighted by Crippen LogP contribution is 2.46. The summed E-state index contributed by atoms with van der Waals surface area (Å²) < 4.78 is 5.26. The van der Waals surface area contributed by atoms with E-state index in [2.05, 4.69) is 5.32 Å². The molecule has 124 valence electrons. The maximum atomic E-state index is 12.7. The first-order chi connectivity index (χ1) is 11.2. The van der Waals surface area contributed by atoms with Crippen molar-refractivity contribution in [1.82, 2.24) is 5.32 Å². The largest absolute Gasteiger partial charge is 0.433 e. The van der Waals surface area contributed by atoms with E-state index in [1.807, 2.05) is 19.9 Å². The minimum absolute atomic E-state index is 0.113. The minimum atomic E-state index is -0.816. The van der Waals surface area contributed by atoms with Crippen molar-refractivity contribution in [1.29, 1.82) is 5.26 Å². The number of Topliss-reactive ketones (excluding diaryl/α,β-unsaturated/α-hetero) is 1. The number of carbonyl (C=O) groups is 1. The van der Waals surface area contributed by atoms with Crippen LogP contribution in [0.1, 0.15) is 38.4 Å². The number of ketones is 1. The molecule has 0 aromatic carbocycles. The summed E-state index contributed by atoms with van der Waals surface area (Å²) in [5.41, 5.74) is 6.91. The molecule has 8 nitrogen and oxygen atoms in total. The molecule has 3 rings (SSSR count). The molecule has 1 aromatic rings. The van der Waals surface area contributed by atoms with E-state index in [0.717, 1.165) is 0 Å². The van der Waals surface area contributed by atoms with Crippen molar-refractivity contribution < 1.29 is 14.1 Å². The number of rotatable bonds is 2. The van der Waals surface area contributed by atoms with Crippen LogP contribution in [0.2, 0.25) is 0 Å². The second-order valence-corrected chi connectivity index (χ2v) is 6.76. The van der Waals surface area contributed by atoms with Crippen molar-refractivity contribution in [2.24, 2.45) is 11.1 Å². The Bertz CT molecular complexity index is 854. The van der Waals surface area contributed by atoms with Gasteiger partial charge in [0.05, 0.1) is 23.6 Å². The molecule has 2 heterocycles. The first-order valence-electron chi connectivity index (χ1n) is 7.40. The predicted octanol–water partition coefficient (Wildman–Crippen LogP) is 2.21. The number of allylic oxidation sites excluding steroid dienone is 3. The van der Waals surface area contributed by atoms with Crippen molar-refractivity contribution >= 4 is 11.7 Å². The Morgan fingerprint density at radius 3 is 2.75 bits per heavy atom. The van der Waals surface area contributed by atoms with Gasteiger partial charge >= 0.3 is 5.88 Å². The highest BCUT2D eigenvalue weighted by Gasteiger charge is 2.43. The molecular weight excluding hydrogens is 312 g/mol. The number of nitrogens with one attached hydrogen (secondary N) is 1. The van der Waals surface area contributed by atoms with Gasteiger partial charge in [0, 0.05) is 17.7 Å². The van der Waals surface area contributed by atoms with E-state index in [0.29, 0.717) is 24.1 Å². The summed E-state index contributed by atoms with van der Waals surface area (Å²) in [4.78, 5) is 22.9. The number of furan rings is 1. The molecule has 0 saturated heterocycles. The van der Waals surface area contributed by atoms with Gasteiger partial charge in [-0.15, -0.1) is 0 Å². The third-order valence-corrected chi connectivity index (χ3v) is 4.27. The van der Waals surface area contributed by atoms with Crippen molar-refractivity contribution in [2.45, 2.75) is 32.6 Å². The lowest BCUT2D eigenvalue weighted by atomic mass is 9.70. The highest BCUT2D eigenvalue weighted by molar-refractivity contribution is 6.00. The van der Waals surface area contributed by atoms with Crippen molar-refractivity contribution in [3.05, 3.63) is 50.7 Å². The molecule has 8 heteroatoms. The van der Waals surface area contributed by atoms with Crippen LogP contribution < -0.4 is 11.1 Å². The lowest BCUT2D eigenvalue weighted by molar-refractivity contribution is -0.402. The molecule has 1 atom stereocenters. The highest BCUT2D eigenvalue weighted by atomic mass is 16.6. The van der Waals surface area contributed by atoms with Crippen molar-refractivity contribution in [3.63, 3.8) is 0 Å². The molecule has 24 heavy (non-hydrogen) atoms. The monoisotopic (exact) mass is 328 g/mol. The second-order valence-electron chi connectivity index (χ2n) is 6.76. The number of nitrogens with zero attached hydrogens (tertiary/aromatic N) is 2. The van der Waals surface area contributed by atoms with Crippen LogP contribution in [-0.4, -0.2) is 10.7 Å². The zero-order valence-corrected chi connectivity index (χ0v) is 13.3. The van der Waals surface area contributed by atoms with E-state index in [1.165, 1.54) is 12.1 Å². The summed E-state index contributed by atoms with van der Waals surface area (Å²) in [7, 11) is 0. The van der Waals surface area contributed by atoms with E-state index in [-0.39, 0.29) is 28.4 Å². The van der Waals surface area contributed by atoms with Gasteiger partial charge in [-0.05, 0) is 17.9 Å². The van der Waals surface area contributed by atoms with Gasteiger partial charge in [-0.2, -0.15) is 5.26 Å². The van der Waals surface area contributed by atoms with Crippen LogP contribution in [0.25, 0.3) is 0 Å². The fourth-order valence-electron chi connectivity index (χ4n) is 3.32. The Morgan fingerprint density at radius 2 is 2.17 bits per heavy atom. The third-order valence-electron chi connectivity index (χ3n) is 4.27. The average molecular weight is 328 g/mol. The standard InChI is InChI=1S/C16H16N4O4/c1-16(2)5-9-14(10(21)6-16)13(8(7-17)15(18)19-9)11-3-4-12(24-11)20(22)23/h3-4,13,19H,5-6,18H2,1-2H3/t13-/m0/s1. The molecule has 0 fully saturated rings. The smallest absolute Gasteiger partial charge is 0.405 e. The Kier molecular flexibility index (Phi) is 3.44. The third kappa shape index (κ3) is 2.44. The zero-order chi connectivity index (χ0) is 17.6. The van der Waals surface area contributed by atoms with Gasteiger partial charge in [-0.1, -0.05) is 13.8 Å². The van der Waals surface area contributed by atoms with Crippen LogP contribution in [0.5, 0.6) is 0 Å². The molecule has 0 amide bonds. The SMILES string of the molecule is CC1(C)CC(=O)C2=C(C1)NC(N)=C(C#N)[C@H]2c1ccc([N+](=O)[O-])o1. The Balaban J connectivity index is 2.16. The molecule has 0 radical (unpaired) electrons. The van der Waals surface area contributed by atoms with Gasteiger partial charge in [-0.3, -0.25) is 14.9 Å². The van der Waals surface area contributed by atoms with E-state index < -0.39 is 16.7 Å². The van der Waals surface area contributed by atoms with E-state index in [9.17, 15) is 20.2 Å². The predicted molar refractivity (Wildman–Crippen MR) is 83.1 cm³/mol. The van der Waals surface area contributed by atoms with Gasteiger partial charge in [0.15, 0.2) is 5.78 Å². The fourth-order valence-corrected chi connectivity index (χ4v) is 3.32. The van der Waals surface area contributed by atoms with E-state index in [1.54, 1.807) is 0 Å². The molecule has 1 aliphatic heterocycles. The van der Waals surface area contributed by atoms with Gasteiger partial charge in [0.2, 0.25) is 0 Å². The Hall–Kier alpha value is -3.08. The maximum Gasteiger partial charge on any atom is 0.433 e. The molecule has 1 aliphatic carbocycles. The maximum absolute atomic E-state index is 12.7. The quantitative estimate of drug-likeness (QED) is 0.627. The number of nitriles is 1. The molecular formula is C16H16N4O4. The van der Waals surface area contributed by atoms with Gasteiger partial charge in [0.1, 0.15) is 16.5 Å². The number of carbonyl (C=O) groups excluding carboxylic acids is 1. The Morgan fingerprint density at radius 1 is 1.46 bits per heavy atom. The van der Waals surface area contributed by atoms with Gasteiger partial charge < -0.3 is 15.5 Å². The summed E-state index contributed by atoms with van der Waals surface area (Å²) in [6.45, 7) is 3.95. The molecule has 0 saturated carbocycles. The lowest BCUT2D eigenvalue weighted by Crippen LogP contribution is -2.39. The number of hydrogen-bond acceptors (Lipinski definition) is 7. The summed E-state index contributed by atoms with van der Waals surface area (Å²) in [6, 6.07) is 4.61. The van der Waals surface area contributed by atoms with Crippen LogP contribution in [0, 0.1) is 26.9 Å². The molecule has 0 bridgehead atoms. The fraction of sp³-hybridized carbons (Fsp3) is 0.375. The van der Waals surface area contributed by atoms with Gasteiger partial charge in [-0.25, -0.2) is 0 Å². The van der Waals surface area contributed by atoms with Crippen LogP contribution in [0.4, 0.5) is 5.88 Å². The van der Waals surface area contributed by atoms with Crippen LogP contribution in [0.3, 0.4) is 0 Å². The number of dihydropyridines is 1.